The zero-order valence-corrected chi connectivity index (χ0v) is 10.7. The van der Waals surface area contributed by atoms with Gasteiger partial charge in [0.05, 0.1) is 23.6 Å². The standard InChI is InChI=1S/C13H13FN4O2/c1-7-16-5-4-8(18-7)6-17-10-3-2-9(14)12(15)11(10)13(19)20/h2-5,17H,6,15H2,1H3,(H,19,20). The van der Waals surface area contributed by atoms with Crippen molar-refractivity contribution in [3.8, 4) is 0 Å². The molecule has 104 valence electrons. The van der Waals surface area contributed by atoms with Gasteiger partial charge < -0.3 is 16.2 Å². The topological polar surface area (TPSA) is 101 Å². The molecule has 6 nitrogen and oxygen atoms in total. The Hall–Kier alpha value is -2.70. The molecule has 4 N–H and O–H groups in total. The molecular weight excluding hydrogens is 263 g/mol. The summed E-state index contributed by atoms with van der Waals surface area (Å²) in [5.74, 6) is -1.43. The molecule has 0 saturated carbocycles. The predicted octanol–water partition coefficient (Wildman–Crippen LogP) is 1.82. The van der Waals surface area contributed by atoms with Gasteiger partial charge in [0.25, 0.3) is 0 Å². The largest absolute Gasteiger partial charge is 0.478 e. The van der Waals surface area contributed by atoms with E-state index in [4.69, 9.17) is 10.8 Å². The molecule has 0 saturated heterocycles. The number of anilines is 2. The summed E-state index contributed by atoms with van der Waals surface area (Å²) in [5.41, 5.74) is 5.72. The molecule has 20 heavy (non-hydrogen) atoms. The van der Waals surface area contributed by atoms with Gasteiger partial charge in [-0.2, -0.15) is 0 Å². The monoisotopic (exact) mass is 276 g/mol. The number of aromatic nitrogens is 2. The number of benzene rings is 1. The lowest BCUT2D eigenvalue weighted by atomic mass is 10.1. The number of hydrogen-bond acceptors (Lipinski definition) is 5. The molecule has 0 aliphatic rings. The second kappa shape index (κ2) is 5.52. The van der Waals surface area contributed by atoms with Gasteiger partial charge in [0.1, 0.15) is 17.2 Å². The number of aromatic carboxylic acids is 1. The maximum absolute atomic E-state index is 13.3. The fraction of sp³-hybridized carbons (Fsp3) is 0.154. The summed E-state index contributed by atoms with van der Waals surface area (Å²) in [6.45, 7) is 2.04. The van der Waals surface area contributed by atoms with E-state index in [2.05, 4.69) is 15.3 Å². The van der Waals surface area contributed by atoms with Crippen molar-refractivity contribution in [2.24, 2.45) is 0 Å². The highest BCUT2D eigenvalue weighted by Gasteiger charge is 2.17. The van der Waals surface area contributed by atoms with Crippen molar-refractivity contribution < 1.29 is 14.3 Å². The molecule has 0 aliphatic carbocycles. The van der Waals surface area contributed by atoms with Crippen LogP contribution < -0.4 is 11.1 Å². The van der Waals surface area contributed by atoms with Gasteiger partial charge in [-0.25, -0.2) is 19.2 Å². The first-order valence-electron chi connectivity index (χ1n) is 5.82. The molecule has 0 unspecified atom stereocenters. The molecular formula is C13H13FN4O2. The number of carboxylic acids is 1. The minimum absolute atomic E-state index is 0.243. The maximum Gasteiger partial charge on any atom is 0.340 e. The summed E-state index contributed by atoms with van der Waals surface area (Å²) in [6.07, 6.45) is 1.61. The van der Waals surface area contributed by atoms with Gasteiger partial charge in [-0.05, 0) is 25.1 Å². The molecule has 1 heterocycles. The van der Waals surface area contributed by atoms with E-state index in [1.165, 1.54) is 6.07 Å². The molecule has 1 aromatic carbocycles. The van der Waals surface area contributed by atoms with Crippen molar-refractivity contribution in [2.75, 3.05) is 11.1 Å². The van der Waals surface area contributed by atoms with Crippen LogP contribution in [0.15, 0.2) is 24.4 Å². The molecule has 0 fully saturated rings. The van der Waals surface area contributed by atoms with Gasteiger partial charge >= 0.3 is 5.97 Å². The molecule has 1 aromatic heterocycles. The number of nitrogens with two attached hydrogens (primary N) is 1. The van der Waals surface area contributed by atoms with Crippen LogP contribution in [0.25, 0.3) is 0 Å². The van der Waals surface area contributed by atoms with Gasteiger partial charge in [0.2, 0.25) is 0 Å². The van der Waals surface area contributed by atoms with Crippen LogP contribution in [0.5, 0.6) is 0 Å². The van der Waals surface area contributed by atoms with Crippen molar-refractivity contribution in [3.63, 3.8) is 0 Å². The smallest absolute Gasteiger partial charge is 0.340 e. The van der Waals surface area contributed by atoms with Gasteiger partial charge in [0, 0.05) is 6.20 Å². The van der Waals surface area contributed by atoms with Crippen LogP contribution in [0.2, 0.25) is 0 Å². The minimum atomic E-state index is -1.29. The molecule has 0 radical (unpaired) electrons. The van der Waals surface area contributed by atoms with Crippen molar-refractivity contribution in [1.29, 1.82) is 0 Å². The number of carboxylic acid groups (broad SMARTS) is 1. The Kier molecular flexibility index (Phi) is 3.79. The first kappa shape index (κ1) is 13.7. The Morgan fingerprint density at radius 2 is 2.20 bits per heavy atom. The van der Waals surface area contributed by atoms with Gasteiger partial charge in [0.15, 0.2) is 0 Å². The molecule has 2 rings (SSSR count). The third-order valence-electron chi connectivity index (χ3n) is 2.70. The maximum atomic E-state index is 13.3. The van der Waals surface area contributed by atoms with E-state index in [9.17, 15) is 9.18 Å². The average Bonchev–Trinajstić information content (AvgIpc) is 2.39. The first-order valence-corrected chi connectivity index (χ1v) is 5.82. The van der Waals surface area contributed by atoms with E-state index < -0.39 is 11.8 Å². The zero-order valence-electron chi connectivity index (χ0n) is 10.7. The summed E-state index contributed by atoms with van der Waals surface area (Å²) in [4.78, 5) is 19.3. The number of halogens is 1. The molecule has 0 aliphatic heterocycles. The van der Waals surface area contributed by atoms with E-state index in [1.54, 1.807) is 19.2 Å². The van der Waals surface area contributed by atoms with E-state index in [-0.39, 0.29) is 23.5 Å². The van der Waals surface area contributed by atoms with Crippen LogP contribution in [0.1, 0.15) is 21.9 Å². The Balaban J connectivity index is 2.26. The van der Waals surface area contributed by atoms with E-state index in [0.717, 1.165) is 6.07 Å². The SMILES string of the molecule is Cc1nccc(CNc2ccc(F)c(N)c2C(=O)O)n1. The summed E-state index contributed by atoms with van der Waals surface area (Å²) < 4.78 is 13.3. The quantitative estimate of drug-likeness (QED) is 0.736. The number of carbonyl (C=O) groups is 1. The number of hydrogen-bond donors (Lipinski definition) is 3. The number of aryl methyl sites for hydroxylation is 1. The van der Waals surface area contributed by atoms with Crippen LogP contribution in [0.3, 0.4) is 0 Å². The molecule has 0 spiro atoms. The van der Waals surface area contributed by atoms with E-state index >= 15 is 0 Å². The number of nitrogen functional groups attached to an aromatic ring is 1. The lowest BCUT2D eigenvalue weighted by Crippen LogP contribution is -2.11. The van der Waals surface area contributed by atoms with Crippen molar-refractivity contribution in [1.82, 2.24) is 9.97 Å². The normalized spacial score (nSPS) is 10.3. The fourth-order valence-corrected chi connectivity index (χ4v) is 1.76. The van der Waals surface area contributed by atoms with Crippen LogP contribution in [0, 0.1) is 12.7 Å². The third kappa shape index (κ3) is 2.82. The molecule has 0 amide bonds. The summed E-state index contributed by atoms with van der Waals surface area (Å²) in [7, 11) is 0. The fourth-order valence-electron chi connectivity index (χ4n) is 1.76. The summed E-state index contributed by atoms with van der Waals surface area (Å²) >= 11 is 0. The molecule has 7 heteroatoms. The van der Waals surface area contributed by atoms with Crippen LogP contribution in [0.4, 0.5) is 15.8 Å². The van der Waals surface area contributed by atoms with Crippen LogP contribution >= 0.6 is 0 Å². The second-order valence-corrected chi connectivity index (χ2v) is 4.14. The Labute approximate surface area is 114 Å². The van der Waals surface area contributed by atoms with Crippen molar-refractivity contribution >= 4 is 17.3 Å². The highest BCUT2D eigenvalue weighted by atomic mass is 19.1. The minimum Gasteiger partial charge on any atom is -0.478 e. The van der Waals surface area contributed by atoms with Gasteiger partial charge in [-0.3, -0.25) is 0 Å². The highest BCUT2D eigenvalue weighted by molar-refractivity contribution is 6.00. The number of nitrogens with one attached hydrogen (secondary N) is 1. The molecule has 0 bridgehead atoms. The van der Waals surface area contributed by atoms with Crippen molar-refractivity contribution in [3.05, 3.63) is 47.3 Å². The summed E-state index contributed by atoms with van der Waals surface area (Å²) in [6, 6.07) is 4.16. The summed E-state index contributed by atoms with van der Waals surface area (Å²) in [5, 5.41) is 12.0. The van der Waals surface area contributed by atoms with E-state index in [1.807, 2.05) is 0 Å². The Bertz CT molecular complexity index is 661. The lowest BCUT2D eigenvalue weighted by molar-refractivity contribution is 0.0698. The third-order valence-corrected chi connectivity index (χ3v) is 2.70. The first-order chi connectivity index (χ1) is 9.49. The van der Waals surface area contributed by atoms with Gasteiger partial charge in [-0.15, -0.1) is 0 Å². The molecule has 0 atom stereocenters. The predicted molar refractivity (Wildman–Crippen MR) is 71.9 cm³/mol. The average molecular weight is 276 g/mol. The zero-order chi connectivity index (χ0) is 14.7. The Morgan fingerprint density at radius 1 is 1.45 bits per heavy atom. The second-order valence-electron chi connectivity index (χ2n) is 4.14. The highest BCUT2D eigenvalue weighted by Crippen LogP contribution is 2.25. The van der Waals surface area contributed by atoms with Crippen LogP contribution in [-0.4, -0.2) is 21.0 Å². The molecule has 2 aromatic rings. The van der Waals surface area contributed by atoms with Crippen molar-refractivity contribution in [2.45, 2.75) is 13.5 Å². The lowest BCUT2D eigenvalue weighted by Gasteiger charge is -2.11. The number of rotatable bonds is 4. The van der Waals surface area contributed by atoms with Gasteiger partial charge in [-0.1, -0.05) is 0 Å². The van der Waals surface area contributed by atoms with Crippen LogP contribution in [-0.2, 0) is 6.54 Å². The number of nitrogens with zero attached hydrogens (tertiary/aromatic N) is 2. The Morgan fingerprint density at radius 3 is 2.85 bits per heavy atom. The van der Waals surface area contributed by atoms with E-state index in [0.29, 0.717) is 11.5 Å².